The summed E-state index contributed by atoms with van der Waals surface area (Å²) in [5.41, 5.74) is 5.03. The van der Waals surface area contributed by atoms with E-state index in [1.165, 1.54) is 11.0 Å². The molecule has 4 aromatic carbocycles. The summed E-state index contributed by atoms with van der Waals surface area (Å²) in [7, 11) is 3.21. The number of phenols is 1. The van der Waals surface area contributed by atoms with E-state index in [-0.39, 0.29) is 35.6 Å². The van der Waals surface area contributed by atoms with Crippen LogP contribution in [0.5, 0.6) is 17.2 Å². The second kappa shape index (κ2) is 12.4. The number of carbonyl (C=O) groups excluding carboxylic acids is 4. The molecule has 254 valence electrons. The first-order chi connectivity index (χ1) is 24.7. The first-order valence-electron chi connectivity index (χ1n) is 17.0. The number of benzene rings is 4. The molecule has 4 atom stereocenters. The van der Waals surface area contributed by atoms with Gasteiger partial charge in [-0.15, -0.1) is 0 Å². The summed E-state index contributed by atoms with van der Waals surface area (Å²) in [6, 6.07) is 23.6. The first-order valence-corrected chi connectivity index (χ1v) is 17.0. The van der Waals surface area contributed by atoms with Gasteiger partial charge in [0, 0.05) is 33.6 Å². The Morgan fingerprint density at radius 2 is 1.59 bits per heavy atom. The zero-order valence-corrected chi connectivity index (χ0v) is 28.4. The quantitative estimate of drug-likeness (QED) is 0.0983. The number of hydrogen-bond donors (Lipinski definition) is 1. The van der Waals surface area contributed by atoms with Crippen LogP contribution >= 0.6 is 0 Å². The number of amides is 2. The number of imide groups is 1. The van der Waals surface area contributed by atoms with Gasteiger partial charge >= 0.3 is 0 Å². The number of ketones is 2. The van der Waals surface area contributed by atoms with Gasteiger partial charge in [0.1, 0.15) is 17.2 Å². The van der Waals surface area contributed by atoms with Crippen LogP contribution in [0.3, 0.4) is 0 Å². The number of aromatic hydroxyl groups is 1. The lowest BCUT2D eigenvalue weighted by molar-refractivity contribution is -0.123. The Balaban J connectivity index is 1.15. The average Bonchev–Trinajstić information content (AvgIpc) is 3.41. The molecule has 0 spiro atoms. The number of anilines is 1. The number of carbonyl (C=O) groups is 4. The van der Waals surface area contributed by atoms with Crippen LogP contribution in [0.15, 0.2) is 113 Å². The highest BCUT2D eigenvalue weighted by Gasteiger charge is 2.56. The van der Waals surface area contributed by atoms with Gasteiger partial charge in [0.15, 0.2) is 11.6 Å². The Hall–Kier alpha value is -6.02. The molecule has 8 nitrogen and oxygen atoms in total. The van der Waals surface area contributed by atoms with Gasteiger partial charge in [-0.2, -0.15) is 0 Å². The number of hydrogen-bond acceptors (Lipinski definition) is 7. The molecule has 0 unspecified atom stereocenters. The second-order valence-corrected chi connectivity index (χ2v) is 13.5. The highest BCUT2D eigenvalue weighted by Crippen LogP contribution is 2.56. The van der Waals surface area contributed by atoms with Crippen LogP contribution in [-0.2, 0) is 19.2 Å². The lowest BCUT2D eigenvalue weighted by Gasteiger charge is -2.42. The Morgan fingerprint density at radius 3 is 2.33 bits per heavy atom. The fraction of sp³-hybridized carbons (Fsp3) is 0.209. The molecule has 0 radical (unpaired) electrons. The van der Waals surface area contributed by atoms with E-state index in [0.29, 0.717) is 45.7 Å². The summed E-state index contributed by atoms with van der Waals surface area (Å²) in [5, 5.41) is 12.1. The average molecular weight is 678 g/mol. The Labute approximate surface area is 295 Å². The predicted octanol–water partition coefficient (Wildman–Crippen LogP) is 7.37. The standard InChI is InChI=1S/C43H35NO7/c1-23-20-36(46)40-34(41(23)47)22-33-31(38(40)30-17-18-35(45)29-7-5-4-6-28(29)30)15-16-32-39(33)43(49)44(42(32)48)26-12-9-24(10-13-26)8-11-25-21-27(50-2)14-19-37(25)51-3/h4-15,17-21,32-33,38-39,45H,16,22H2,1-3H3/t32-,33+,38-,39-/m0/s1. The SMILES string of the molecule is COc1ccc(OC)c(C=Cc2ccc(N3C(=O)[C@H]4[C@H](CC=C5[C@H](c6ccc(O)c7ccccc67)C6=C(C[C@H]54)C(=O)C(C)=CC6=O)C3=O)cc2)c1. The normalized spacial score (nSPS) is 22.9. The largest absolute Gasteiger partial charge is 0.507 e. The van der Waals surface area contributed by atoms with E-state index in [9.17, 15) is 24.3 Å². The molecule has 1 N–H and O–H groups in total. The smallest absolute Gasteiger partial charge is 0.238 e. The van der Waals surface area contributed by atoms with Crippen LogP contribution in [0.25, 0.3) is 22.9 Å². The monoisotopic (exact) mass is 677 g/mol. The minimum absolute atomic E-state index is 0.115. The summed E-state index contributed by atoms with van der Waals surface area (Å²) in [4.78, 5) is 57.2. The number of rotatable bonds is 6. The van der Waals surface area contributed by atoms with Gasteiger partial charge in [-0.05, 0) is 84.7 Å². The number of methoxy groups -OCH3 is 2. The summed E-state index contributed by atoms with van der Waals surface area (Å²) >= 11 is 0. The Kier molecular flexibility index (Phi) is 7.82. The molecule has 1 heterocycles. The van der Waals surface area contributed by atoms with Crippen molar-refractivity contribution in [2.24, 2.45) is 17.8 Å². The van der Waals surface area contributed by atoms with Crippen molar-refractivity contribution in [3.8, 4) is 17.2 Å². The van der Waals surface area contributed by atoms with Crippen LogP contribution in [0, 0.1) is 17.8 Å². The minimum Gasteiger partial charge on any atom is -0.507 e. The summed E-state index contributed by atoms with van der Waals surface area (Å²) in [6.45, 7) is 1.64. The molecule has 2 amide bonds. The topological polar surface area (TPSA) is 110 Å². The molecule has 1 aliphatic heterocycles. The molecule has 1 fully saturated rings. The highest BCUT2D eigenvalue weighted by molar-refractivity contribution is 6.25. The van der Waals surface area contributed by atoms with E-state index >= 15 is 0 Å². The number of ether oxygens (including phenoxy) is 2. The number of phenolic OH excluding ortho intramolecular Hbond substituents is 1. The summed E-state index contributed by atoms with van der Waals surface area (Å²) < 4.78 is 10.8. The number of Topliss-reactive ketones (excluding diaryl/α,β-unsaturated/α-hetero) is 1. The van der Waals surface area contributed by atoms with E-state index in [1.807, 2.05) is 72.8 Å². The van der Waals surface area contributed by atoms with Crippen molar-refractivity contribution in [2.45, 2.75) is 25.7 Å². The number of nitrogens with zero attached hydrogens (tertiary/aromatic N) is 1. The third-order valence-corrected chi connectivity index (χ3v) is 10.9. The molecule has 4 aromatic rings. The fourth-order valence-corrected chi connectivity index (χ4v) is 8.44. The van der Waals surface area contributed by atoms with Crippen molar-refractivity contribution < 1.29 is 33.8 Å². The lowest BCUT2D eigenvalue weighted by Crippen LogP contribution is -2.39. The van der Waals surface area contributed by atoms with E-state index in [0.717, 1.165) is 27.6 Å². The third kappa shape index (κ3) is 5.12. The van der Waals surface area contributed by atoms with Gasteiger partial charge in [-0.25, -0.2) is 0 Å². The van der Waals surface area contributed by atoms with Crippen molar-refractivity contribution in [1.82, 2.24) is 0 Å². The molecule has 3 aliphatic carbocycles. The highest BCUT2D eigenvalue weighted by atomic mass is 16.5. The van der Waals surface area contributed by atoms with E-state index in [1.54, 1.807) is 45.4 Å². The van der Waals surface area contributed by atoms with Gasteiger partial charge in [0.2, 0.25) is 11.8 Å². The fourth-order valence-electron chi connectivity index (χ4n) is 8.44. The van der Waals surface area contributed by atoms with E-state index < -0.39 is 23.7 Å². The molecular weight excluding hydrogens is 642 g/mol. The molecule has 8 heteroatoms. The van der Waals surface area contributed by atoms with Crippen molar-refractivity contribution in [2.75, 3.05) is 19.1 Å². The van der Waals surface area contributed by atoms with Crippen molar-refractivity contribution in [3.05, 3.63) is 130 Å². The van der Waals surface area contributed by atoms with Gasteiger partial charge in [0.05, 0.1) is 31.7 Å². The Morgan fingerprint density at radius 1 is 0.824 bits per heavy atom. The molecule has 0 aromatic heterocycles. The van der Waals surface area contributed by atoms with E-state index in [2.05, 4.69) is 0 Å². The maximum Gasteiger partial charge on any atom is 0.238 e. The minimum atomic E-state index is -0.688. The third-order valence-electron chi connectivity index (χ3n) is 10.9. The Bertz CT molecular complexity index is 2310. The molecule has 4 aliphatic rings. The second-order valence-electron chi connectivity index (χ2n) is 13.5. The van der Waals surface area contributed by atoms with Gasteiger partial charge in [-0.1, -0.05) is 66.3 Å². The molecule has 51 heavy (non-hydrogen) atoms. The van der Waals surface area contributed by atoms with Gasteiger partial charge in [0.25, 0.3) is 0 Å². The molecule has 8 rings (SSSR count). The lowest BCUT2D eigenvalue weighted by atomic mass is 9.59. The zero-order valence-electron chi connectivity index (χ0n) is 28.4. The molecule has 0 bridgehead atoms. The van der Waals surface area contributed by atoms with Crippen LogP contribution in [0.4, 0.5) is 5.69 Å². The van der Waals surface area contributed by atoms with Crippen LogP contribution in [0.1, 0.15) is 42.4 Å². The van der Waals surface area contributed by atoms with Gasteiger partial charge < -0.3 is 14.6 Å². The molecule has 0 saturated carbocycles. The zero-order chi connectivity index (χ0) is 35.6. The number of fused-ring (bicyclic) bond motifs is 4. The van der Waals surface area contributed by atoms with Crippen molar-refractivity contribution >= 4 is 52.0 Å². The van der Waals surface area contributed by atoms with E-state index in [4.69, 9.17) is 9.47 Å². The molecule has 1 saturated heterocycles. The first kappa shape index (κ1) is 32.2. The summed E-state index contributed by atoms with van der Waals surface area (Å²) in [5.74, 6) is -1.81. The maximum absolute atomic E-state index is 14.4. The van der Waals surface area contributed by atoms with Crippen LogP contribution in [-0.4, -0.2) is 42.7 Å². The van der Waals surface area contributed by atoms with Crippen LogP contribution in [0.2, 0.25) is 0 Å². The van der Waals surface area contributed by atoms with Crippen LogP contribution < -0.4 is 14.4 Å². The summed E-state index contributed by atoms with van der Waals surface area (Å²) in [6.07, 6.45) is 7.80. The van der Waals surface area contributed by atoms with Gasteiger partial charge in [-0.3, -0.25) is 24.1 Å². The van der Waals surface area contributed by atoms with Crippen molar-refractivity contribution in [1.29, 1.82) is 0 Å². The predicted molar refractivity (Wildman–Crippen MR) is 194 cm³/mol. The molecular formula is C43H35NO7. The van der Waals surface area contributed by atoms with Crippen molar-refractivity contribution in [3.63, 3.8) is 0 Å². The number of allylic oxidation sites excluding steroid dienone is 6. The maximum atomic E-state index is 14.4.